The minimum absolute atomic E-state index is 0.0359. The third kappa shape index (κ3) is 12.6. The quantitative estimate of drug-likeness (QED) is 0.0694. The Morgan fingerprint density at radius 2 is 0.895 bits per heavy atom. The normalized spacial score (nSPS) is 29.1. The highest BCUT2D eigenvalue weighted by Crippen LogP contribution is 2.45. The predicted octanol–water partition coefficient (Wildman–Crippen LogP) is 3.57. The molecule has 5 heterocycles. The first-order valence-corrected chi connectivity index (χ1v) is 27.8. The summed E-state index contributed by atoms with van der Waals surface area (Å²) in [6, 6.07) is 26.1. The average Bonchev–Trinajstić information content (AvgIpc) is 1.50. The SMILES string of the molecule is CC(=O)OC[C@H]1O[C@@H](O[C@H]2[C@H](OC(C)=O)[C@@H](N3C(=O)c4ccccc4C3=O)[C@H](O[C@@H]3[C@@H](COCc4ccccc4)[C@@H]4OC(N(C)C)=N[C@H]4[C@H]3OCc3ccccc3)O[C@@H]2COC(C)=O)[C@H](N2C(=O)c3ccccc3C2=O)[C@@H](OC(C)=O)[C@@H]1OC(C)=O. The van der Waals surface area contributed by atoms with E-state index in [2.05, 4.69) is 0 Å². The number of benzene rings is 4. The van der Waals surface area contributed by atoms with Crippen LogP contribution in [-0.2, 0) is 94.0 Å². The van der Waals surface area contributed by atoms with Crippen LogP contribution in [0.2, 0.25) is 0 Å². The molecular weight excluding hydrogens is 1120 g/mol. The van der Waals surface area contributed by atoms with Crippen molar-refractivity contribution >= 4 is 59.5 Å². The van der Waals surface area contributed by atoms with Gasteiger partial charge < -0.3 is 61.7 Å². The second-order valence-corrected chi connectivity index (χ2v) is 21.5. The molecule has 10 rings (SSSR count). The zero-order valence-electron chi connectivity index (χ0n) is 48.0. The maximum Gasteiger partial charge on any atom is 0.303 e. The van der Waals surface area contributed by atoms with Gasteiger partial charge in [-0.15, -0.1) is 0 Å². The van der Waals surface area contributed by atoms with Crippen LogP contribution in [0.25, 0.3) is 0 Å². The van der Waals surface area contributed by atoms with E-state index in [9.17, 15) is 33.6 Å². The van der Waals surface area contributed by atoms with Gasteiger partial charge in [0.05, 0.1) is 54.1 Å². The topological polar surface area (TPSA) is 286 Å². The monoisotopic (exact) mass is 1190 g/mol. The highest BCUT2D eigenvalue weighted by molar-refractivity contribution is 6.22. The van der Waals surface area contributed by atoms with E-state index in [1.807, 2.05) is 60.7 Å². The van der Waals surface area contributed by atoms with E-state index in [1.54, 1.807) is 31.1 Å². The van der Waals surface area contributed by atoms with Crippen molar-refractivity contribution in [1.29, 1.82) is 0 Å². The number of aliphatic imine (C=N–C) groups is 1. The number of rotatable bonds is 20. The second-order valence-electron chi connectivity index (χ2n) is 21.5. The van der Waals surface area contributed by atoms with Crippen LogP contribution >= 0.6 is 0 Å². The minimum Gasteiger partial charge on any atom is -0.463 e. The minimum atomic E-state index is -2.10. The number of ether oxygens (including phenoxy) is 12. The lowest BCUT2D eigenvalue weighted by Gasteiger charge is -2.51. The Morgan fingerprint density at radius 3 is 1.34 bits per heavy atom. The van der Waals surface area contributed by atoms with Gasteiger partial charge in [0.25, 0.3) is 29.7 Å². The van der Waals surface area contributed by atoms with Crippen LogP contribution in [0.5, 0.6) is 0 Å². The first kappa shape index (κ1) is 60.7. The Bertz CT molecular complexity index is 3200. The number of carbonyl (C=O) groups excluding carboxylic acids is 9. The molecule has 86 heavy (non-hydrogen) atoms. The highest BCUT2D eigenvalue weighted by Gasteiger charge is 2.64. The largest absolute Gasteiger partial charge is 0.463 e. The Labute approximate surface area is 493 Å². The molecule has 0 aromatic heterocycles. The van der Waals surface area contributed by atoms with Crippen molar-refractivity contribution in [2.75, 3.05) is 33.9 Å². The van der Waals surface area contributed by atoms with Crippen LogP contribution in [0.15, 0.2) is 114 Å². The number of hydrogen-bond acceptors (Lipinski definition) is 23. The van der Waals surface area contributed by atoms with Gasteiger partial charge in [-0.1, -0.05) is 84.9 Å². The van der Waals surface area contributed by atoms with Gasteiger partial charge in [0.1, 0.15) is 61.9 Å². The summed E-state index contributed by atoms with van der Waals surface area (Å²) in [5, 5.41) is 0. The lowest BCUT2D eigenvalue weighted by molar-refractivity contribution is -0.349. The maximum atomic E-state index is 15.1. The fourth-order valence-electron chi connectivity index (χ4n) is 11.7. The molecule has 1 aliphatic carbocycles. The second kappa shape index (κ2) is 26.0. The number of imide groups is 2. The number of amides is 4. The molecule has 6 aliphatic rings. The van der Waals surface area contributed by atoms with Crippen molar-refractivity contribution in [3.05, 3.63) is 143 Å². The molecular formula is C61H64N4O21. The average molecular weight is 1190 g/mol. The van der Waals surface area contributed by atoms with Gasteiger partial charge in [-0.2, -0.15) is 0 Å². The van der Waals surface area contributed by atoms with Gasteiger partial charge in [-0.3, -0.25) is 53.0 Å². The molecule has 4 amide bonds. The zero-order chi connectivity index (χ0) is 61.1. The molecule has 4 aromatic rings. The molecule has 15 atom stereocenters. The Morgan fingerprint density at radius 1 is 0.488 bits per heavy atom. The lowest BCUT2D eigenvalue weighted by Crippen LogP contribution is -2.71. The van der Waals surface area contributed by atoms with Crippen molar-refractivity contribution in [3.63, 3.8) is 0 Å². The van der Waals surface area contributed by atoms with E-state index in [-0.39, 0.29) is 42.1 Å². The molecule has 0 unspecified atom stereocenters. The first-order valence-electron chi connectivity index (χ1n) is 27.8. The van der Waals surface area contributed by atoms with Gasteiger partial charge in [-0.05, 0) is 35.4 Å². The van der Waals surface area contributed by atoms with Crippen LogP contribution in [0.4, 0.5) is 0 Å². The van der Waals surface area contributed by atoms with Crippen molar-refractivity contribution in [2.45, 2.75) is 133 Å². The van der Waals surface area contributed by atoms with Crippen LogP contribution in [-0.4, -0.2) is 194 Å². The summed E-state index contributed by atoms with van der Waals surface area (Å²) in [4.78, 5) is 133. The van der Waals surface area contributed by atoms with Crippen LogP contribution in [0.3, 0.4) is 0 Å². The van der Waals surface area contributed by atoms with Crippen LogP contribution in [0.1, 0.15) is 87.2 Å². The number of esters is 5. The Balaban J connectivity index is 1.12. The van der Waals surface area contributed by atoms with Gasteiger partial charge in [0.2, 0.25) is 0 Å². The fraction of sp³-hybridized carbons (Fsp3) is 0.443. The van der Waals surface area contributed by atoms with E-state index in [0.717, 1.165) is 50.6 Å². The van der Waals surface area contributed by atoms with Crippen molar-refractivity contribution < 1.29 is 100.0 Å². The van der Waals surface area contributed by atoms with Gasteiger partial charge in [0, 0.05) is 48.7 Å². The molecule has 25 heteroatoms. The summed E-state index contributed by atoms with van der Waals surface area (Å²) in [6.45, 7) is 3.96. The zero-order valence-corrected chi connectivity index (χ0v) is 48.0. The standard InChI is InChI=1S/C61H64N4O21/c1-31(66)76-29-43-50(79-33(3)68)53(80-34(4)69)46(64-55(71)38-22-14-15-23-39(38)56(64)72)60(82-43)85-51-44(30-77-32(2)67)83-59(47(54(51)81-35(5)70)65-57(73)40-24-16-17-25-41(40)58(65)74)84-49-42(28-75-26-36-18-10-8-11-19-36)48-45(62-61(86-48)63(6)7)52(49)78-27-37-20-12-9-13-21-37/h8-25,42-54,59-60H,26-30H2,1-7H3/t42-,43+,44+,45+,46+,47+,48-,49+,50+,51+,52+,53+,54+,59-,60-/m0/s1. The van der Waals surface area contributed by atoms with E-state index in [1.165, 1.54) is 36.4 Å². The van der Waals surface area contributed by atoms with E-state index in [0.29, 0.717) is 10.9 Å². The van der Waals surface area contributed by atoms with Crippen molar-refractivity contribution in [2.24, 2.45) is 10.9 Å². The number of nitrogens with zero attached hydrogens (tertiary/aromatic N) is 4. The molecule has 4 aromatic carbocycles. The van der Waals surface area contributed by atoms with Gasteiger partial charge >= 0.3 is 29.8 Å². The molecule has 454 valence electrons. The van der Waals surface area contributed by atoms with E-state index in [4.69, 9.17) is 61.8 Å². The Kier molecular flexibility index (Phi) is 18.4. The summed E-state index contributed by atoms with van der Waals surface area (Å²) in [5.74, 6) is -9.04. The summed E-state index contributed by atoms with van der Waals surface area (Å²) in [6.07, 6.45) is -17.7. The Hall–Kier alpha value is -8.46. The van der Waals surface area contributed by atoms with Crippen LogP contribution < -0.4 is 0 Å². The maximum absolute atomic E-state index is 15.1. The number of fused-ring (bicyclic) bond motifs is 3. The molecule has 5 aliphatic heterocycles. The molecule has 25 nitrogen and oxygen atoms in total. The molecule has 0 radical (unpaired) electrons. The molecule has 2 saturated heterocycles. The fourth-order valence-corrected chi connectivity index (χ4v) is 11.7. The van der Waals surface area contributed by atoms with Crippen molar-refractivity contribution in [3.8, 4) is 0 Å². The number of amidine groups is 1. The van der Waals surface area contributed by atoms with E-state index < -0.39 is 158 Å². The number of hydrogen-bond donors (Lipinski definition) is 0. The lowest BCUT2D eigenvalue weighted by atomic mass is 9.92. The number of carbonyl (C=O) groups is 9. The first-order chi connectivity index (χ1) is 41.3. The summed E-state index contributed by atoms with van der Waals surface area (Å²) < 4.78 is 76.5. The predicted molar refractivity (Wildman–Crippen MR) is 293 cm³/mol. The molecule has 0 spiro atoms. The van der Waals surface area contributed by atoms with E-state index >= 15 is 9.59 Å². The third-order valence-corrected chi connectivity index (χ3v) is 15.3. The molecule has 0 N–H and O–H groups in total. The van der Waals surface area contributed by atoms with Gasteiger partial charge in [0.15, 0.2) is 30.9 Å². The molecule has 3 fully saturated rings. The van der Waals surface area contributed by atoms with Crippen LogP contribution in [0, 0.1) is 5.92 Å². The van der Waals surface area contributed by atoms with Crippen molar-refractivity contribution in [1.82, 2.24) is 14.7 Å². The smallest absolute Gasteiger partial charge is 0.303 e. The highest BCUT2D eigenvalue weighted by atomic mass is 16.8. The summed E-state index contributed by atoms with van der Waals surface area (Å²) in [7, 11) is 3.53. The molecule has 0 bridgehead atoms. The summed E-state index contributed by atoms with van der Waals surface area (Å²) >= 11 is 0. The van der Waals surface area contributed by atoms with Gasteiger partial charge in [-0.25, -0.2) is 4.99 Å². The third-order valence-electron chi connectivity index (χ3n) is 15.3. The summed E-state index contributed by atoms with van der Waals surface area (Å²) in [5.41, 5.74) is 1.38. The molecule has 1 saturated carbocycles.